The Morgan fingerprint density at radius 3 is 2.90 bits per heavy atom. The van der Waals surface area contributed by atoms with Crippen LogP contribution in [0.1, 0.15) is 30.4 Å². The second-order valence-corrected chi connectivity index (χ2v) is 6.45. The lowest BCUT2D eigenvalue weighted by Gasteiger charge is -2.19. The number of nitrogens with zero attached hydrogens (tertiary/aromatic N) is 1. The fourth-order valence-corrected chi connectivity index (χ4v) is 2.97. The van der Waals surface area contributed by atoms with E-state index in [1.807, 2.05) is 6.07 Å². The summed E-state index contributed by atoms with van der Waals surface area (Å²) in [7, 11) is 0. The molecule has 1 N–H and O–H groups in total. The lowest BCUT2D eigenvalue weighted by Crippen LogP contribution is -2.23. The summed E-state index contributed by atoms with van der Waals surface area (Å²) in [4.78, 5) is 4.06. The van der Waals surface area contributed by atoms with E-state index in [4.69, 9.17) is 11.6 Å². The molecule has 2 rings (SSSR count). The number of benzene rings is 1. The van der Waals surface area contributed by atoms with Crippen LogP contribution < -0.4 is 5.32 Å². The first-order chi connectivity index (χ1) is 10.2. The molecule has 0 bridgehead atoms. The summed E-state index contributed by atoms with van der Waals surface area (Å²) >= 11 is 9.81. The van der Waals surface area contributed by atoms with Gasteiger partial charge in [-0.1, -0.05) is 46.6 Å². The topological polar surface area (TPSA) is 24.9 Å². The van der Waals surface area contributed by atoms with Crippen molar-refractivity contribution in [2.24, 2.45) is 0 Å². The molecule has 1 atom stereocenters. The highest BCUT2D eigenvalue weighted by Gasteiger charge is 2.14. The maximum atomic E-state index is 6.26. The largest absolute Gasteiger partial charge is 0.316 e. The van der Waals surface area contributed by atoms with Crippen LogP contribution in [0.5, 0.6) is 0 Å². The number of hydrogen-bond donors (Lipinski definition) is 1. The maximum absolute atomic E-state index is 6.26. The molecular weight excluding hydrogens is 348 g/mol. The number of aromatic nitrogens is 1. The van der Waals surface area contributed by atoms with E-state index in [0.29, 0.717) is 5.92 Å². The fourth-order valence-electron chi connectivity index (χ4n) is 2.36. The van der Waals surface area contributed by atoms with Crippen molar-refractivity contribution in [2.45, 2.75) is 25.7 Å². The van der Waals surface area contributed by atoms with Gasteiger partial charge in [0, 0.05) is 29.3 Å². The second-order valence-electron chi connectivity index (χ2n) is 5.13. The monoisotopic (exact) mass is 366 g/mol. The normalized spacial score (nSPS) is 12.3. The highest BCUT2D eigenvalue weighted by Crippen LogP contribution is 2.26. The number of pyridine rings is 1. The number of nitrogens with one attached hydrogen (secondary N) is 1. The quantitative estimate of drug-likeness (QED) is 0.709. The average Bonchev–Trinajstić information content (AvgIpc) is 2.48. The van der Waals surface area contributed by atoms with E-state index < -0.39 is 0 Å². The molecular formula is C17H20BrClN2. The molecule has 4 heteroatoms. The van der Waals surface area contributed by atoms with Crippen molar-refractivity contribution < 1.29 is 0 Å². The van der Waals surface area contributed by atoms with Gasteiger partial charge in [-0.05, 0) is 48.7 Å². The zero-order chi connectivity index (χ0) is 15.1. The van der Waals surface area contributed by atoms with Gasteiger partial charge in [0.15, 0.2) is 0 Å². The highest BCUT2D eigenvalue weighted by atomic mass is 79.9. The molecule has 0 fully saturated rings. The van der Waals surface area contributed by atoms with Gasteiger partial charge in [0.05, 0.1) is 5.02 Å². The second kappa shape index (κ2) is 8.52. The van der Waals surface area contributed by atoms with Gasteiger partial charge in [0.2, 0.25) is 0 Å². The molecule has 0 saturated heterocycles. The van der Waals surface area contributed by atoms with Crippen LogP contribution >= 0.6 is 27.5 Å². The van der Waals surface area contributed by atoms with E-state index in [1.165, 1.54) is 5.56 Å². The van der Waals surface area contributed by atoms with Crippen molar-refractivity contribution in [3.63, 3.8) is 0 Å². The van der Waals surface area contributed by atoms with Crippen molar-refractivity contribution >= 4 is 27.5 Å². The lowest BCUT2D eigenvalue weighted by molar-refractivity contribution is 0.576. The van der Waals surface area contributed by atoms with Gasteiger partial charge in [0.1, 0.15) is 0 Å². The molecule has 0 aliphatic heterocycles. The zero-order valence-electron chi connectivity index (χ0n) is 12.2. The molecule has 2 nitrogen and oxygen atoms in total. The van der Waals surface area contributed by atoms with Crippen molar-refractivity contribution in [1.29, 1.82) is 0 Å². The first-order valence-electron chi connectivity index (χ1n) is 7.25. The molecule has 0 spiro atoms. The van der Waals surface area contributed by atoms with Crippen LogP contribution in [0.25, 0.3) is 0 Å². The van der Waals surface area contributed by atoms with E-state index in [9.17, 15) is 0 Å². The number of hydrogen-bond acceptors (Lipinski definition) is 2. The van der Waals surface area contributed by atoms with Crippen LogP contribution in [0, 0.1) is 0 Å². The minimum atomic E-state index is 0.397. The minimum Gasteiger partial charge on any atom is -0.316 e. The Kier molecular flexibility index (Phi) is 6.68. The summed E-state index contributed by atoms with van der Waals surface area (Å²) in [6, 6.07) is 10.5. The molecule has 2 aromatic rings. The van der Waals surface area contributed by atoms with Crippen LogP contribution in [-0.4, -0.2) is 18.1 Å². The van der Waals surface area contributed by atoms with Crippen LogP contribution in [0.15, 0.2) is 47.2 Å². The summed E-state index contributed by atoms with van der Waals surface area (Å²) in [5, 5.41) is 4.26. The van der Waals surface area contributed by atoms with Gasteiger partial charge in [-0.25, -0.2) is 0 Å². The Labute approximate surface area is 140 Å². The van der Waals surface area contributed by atoms with Crippen LogP contribution in [0.2, 0.25) is 5.02 Å². The van der Waals surface area contributed by atoms with Gasteiger partial charge in [-0.15, -0.1) is 0 Å². The zero-order valence-corrected chi connectivity index (χ0v) is 14.5. The van der Waals surface area contributed by atoms with Crippen LogP contribution in [-0.2, 0) is 6.42 Å². The lowest BCUT2D eigenvalue weighted by atomic mass is 9.92. The van der Waals surface area contributed by atoms with E-state index in [1.54, 1.807) is 12.4 Å². The molecule has 0 amide bonds. The van der Waals surface area contributed by atoms with E-state index >= 15 is 0 Å². The van der Waals surface area contributed by atoms with Crippen LogP contribution in [0.4, 0.5) is 0 Å². The Bertz CT molecular complexity index is 574. The third-order valence-electron chi connectivity index (χ3n) is 3.46. The van der Waals surface area contributed by atoms with Crippen molar-refractivity contribution in [2.75, 3.05) is 13.1 Å². The number of halogens is 2. The Morgan fingerprint density at radius 1 is 1.33 bits per heavy atom. The molecule has 1 unspecified atom stereocenters. The van der Waals surface area contributed by atoms with Crippen molar-refractivity contribution in [3.8, 4) is 0 Å². The fraction of sp³-hybridized carbons (Fsp3) is 0.353. The summed E-state index contributed by atoms with van der Waals surface area (Å²) in [5.41, 5.74) is 2.47. The molecule has 1 aromatic carbocycles. The molecule has 0 radical (unpaired) electrons. The molecule has 1 aromatic heterocycles. The molecule has 0 saturated carbocycles. The van der Waals surface area contributed by atoms with E-state index in [0.717, 1.165) is 41.0 Å². The summed E-state index contributed by atoms with van der Waals surface area (Å²) < 4.78 is 1.11. The predicted molar refractivity (Wildman–Crippen MR) is 93.0 cm³/mol. The molecule has 112 valence electrons. The average molecular weight is 368 g/mol. The summed E-state index contributed by atoms with van der Waals surface area (Å²) in [6.07, 6.45) is 5.57. The molecule has 21 heavy (non-hydrogen) atoms. The van der Waals surface area contributed by atoms with Crippen molar-refractivity contribution in [3.05, 3.63) is 63.3 Å². The van der Waals surface area contributed by atoms with Crippen LogP contribution in [0.3, 0.4) is 0 Å². The maximum Gasteiger partial charge on any atom is 0.0621 e. The highest BCUT2D eigenvalue weighted by molar-refractivity contribution is 9.10. The van der Waals surface area contributed by atoms with Gasteiger partial charge in [0.25, 0.3) is 0 Å². The number of rotatable bonds is 7. The third-order valence-corrected chi connectivity index (χ3v) is 4.29. The van der Waals surface area contributed by atoms with Gasteiger partial charge < -0.3 is 5.32 Å². The Hall–Kier alpha value is -0.900. The predicted octanol–water partition coefficient (Wildman–Crippen LogP) is 4.82. The SMILES string of the molecule is CCCNCC(Cc1ccncc1Cl)c1cccc(Br)c1. The van der Waals surface area contributed by atoms with E-state index in [2.05, 4.69) is 57.4 Å². The first-order valence-corrected chi connectivity index (χ1v) is 8.42. The summed E-state index contributed by atoms with van der Waals surface area (Å²) in [5.74, 6) is 0.397. The first kappa shape index (κ1) is 16.5. The Morgan fingerprint density at radius 2 is 2.19 bits per heavy atom. The van der Waals surface area contributed by atoms with E-state index in [-0.39, 0.29) is 0 Å². The molecule has 0 aliphatic rings. The van der Waals surface area contributed by atoms with Gasteiger partial charge in [-0.3, -0.25) is 4.98 Å². The third kappa shape index (κ3) is 5.10. The summed E-state index contributed by atoms with van der Waals surface area (Å²) in [6.45, 7) is 4.17. The van der Waals surface area contributed by atoms with Crippen molar-refractivity contribution in [1.82, 2.24) is 10.3 Å². The standard InChI is InChI=1S/C17H20BrClN2/c1-2-7-20-11-15(13-4-3-5-16(18)10-13)9-14-6-8-21-12-17(14)19/h3-6,8,10,12,15,20H,2,7,9,11H2,1H3. The molecule has 1 heterocycles. The van der Waals surface area contributed by atoms with Gasteiger partial charge >= 0.3 is 0 Å². The molecule has 0 aliphatic carbocycles. The minimum absolute atomic E-state index is 0.397. The Balaban J connectivity index is 2.17. The van der Waals surface area contributed by atoms with Gasteiger partial charge in [-0.2, -0.15) is 0 Å². The smallest absolute Gasteiger partial charge is 0.0621 e.